The number of hydrogen-bond acceptors (Lipinski definition) is 3. The van der Waals surface area contributed by atoms with Crippen molar-refractivity contribution in [1.82, 2.24) is 10.2 Å². The highest BCUT2D eigenvalue weighted by molar-refractivity contribution is 5.76. The van der Waals surface area contributed by atoms with Gasteiger partial charge in [-0.25, -0.2) is 0 Å². The third-order valence-corrected chi connectivity index (χ3v) is 3.41. The zero-order chi connectivity index (χ0) is 13.7. The van der Waals surface area contributed by atoms with Crippen molar-refractivity contribution in [1.29, 1.82) is 0 Å². The number of hydrogen-bond donors (Lipinski definition) is 1. The third kappa shape index (κ3) is 3.96. The Morgan fingerprint density at radius 2 is 2.11 bits per heavy atom. The molecule has 0 saturated carbocycles. The lowest BCUT2D eigenvalue weighted by atomic mass is 10.1. The fourth-order valence-electron chi connectivity index (χ4n) is 2.29. The molecule has 1 N–H and O–H groups in total. The van der Waals surface area contributed by atoms with Crippen LogP contribution in [0.1, 0.15) is 20.3 Å². The molecule has 19 heavy (non-hydrogen) atoms. The number of ether oxygens (including phenoxy) is 1. The first-order chi connectivity index (χ1) is 9.16. The van der Waals surface area contributed by atoms with Gasteiger partial charge in [0, 0.05) is 25.2 Å². The van der Waals surface area contributed by atoms with Crippen LogP contribution in [0.3, 0.4) is 0 Å². The summed E-state index contributed by atoms with van der Waals surface area (Å²) in [4.78, 5) is 14.1. The van der Waals surface area contributed by atoms with E-state index < -0.39 is 0 Å². The highest BCUT2D eigenvalue weighted by Crippen LogP contribution is 2.11. The molecule has 0 spiro atoms. The van der Waals surface area contributed by atoms with Gasteiger partial charge in [-0.05, 0) is 26.0 Å². The second-order valence-electron chi connectivity index (χ2n) is 5.12. The highest BCUT2D eigenvalue weighted by Gasteiger charge is 2.25. The first-order valence-corrected chi connectivity index (χ1v) is 6.87. The number of carbonyl (C=O) groups excluding carboxylic acids is 1. The molecule has 1 aliphatic heterocycles. The van der Waals surface area contributed by atoms with Crippen LogP contribution in [0.15, 0.2) is 30.3 Å². The van der Waals surface area contributed by atoms with E-state index in [2.05, 4.69) is 19.2 Å². The molecule has 0 aromatic heterocycles. The lowest BCUT2D eigenvalue weighted by Crippen LogP contribution is -2.56. The Morgan fingerprint density at radius 1 is 1.37 bits per heavy atom. The van der Waals surface area contributed by atoms with Gasteiger partial charge in [0.15, 0.2) is 0 Å². The van der Waals surface area contributed by atoms with Crippen LogP contribution in [-0.4, -0.2) is 42.6 Å². The lowest BCUT2D eigenvalue weighted by Gasteiger charge is -2.37. The van der Waals surface area contributed by atoms with Crippen molar-refractivity contribution < 1.29 is 9.53 Å². The van der Waals surface area contributed by atoms with Crippen molar-refractivity contribution in [2.75, 3.05) is 19.7 Å². The van der Waals surface area contributed by atoms with Gasteiger partial charge >= 0.3 is 0 Å². The standard InChI is InChI=1S/C15H22N2O2/c1-12-11-17(13(2)10-16-12)15(18)8-9-19-14-6-4-3-5-7-14/h3-7,12-13,16H,8-11H2,1-2H3. The van der Waals surface area contributed by atoms with E-state index in [0.717, 1.165) is 18.8 Å². The lowest BCUT2D eigenvalue weighted by molar-refractivity contribution is -0.135. The minimum atomic E-state index is 0.178. The summed E-state index contributed by atoms with van der Waals surface area (Å²) in [5.74, 6) is 0.994. The Balaban J connectivity index is 1.77. The van der Waals surface area contributed by atoms with Crippen LogP contribution in [0.25, 0.3) is 0 Å². The number of nitrogens with one attached hydrogen (secondary N) is 1. The van der Waals surface area contributed by atoms with E-state index in [-0.39, 0.29) is 11.9 Å². The third-order valence-electron chi connectivity index (χ3n) is 3.41. The topological polar surface area (TPSA) is 41.6 Å². The average Bonchev–Trinajstić information content (AvgIpc) is 2.42. The second kappa shape index (κ2) is 6.57. The summed E-state index contributed by atoms with van der Waals surface area (Å²) in [6.07, 6.45) is 0.436. The zero-order valence-electron chi connectivity index (χ0n) is 11.6. The Kier molecular flexibility index (Phi) is 4.80. The summed E-state index contributed by atoms with van der Waals surface area (Å²) in [5.41, 5.74) is 0. The molecule has 0 aliphatic carbocycles. The van der Waals surface area contributed by atoms with E-state index in [1.165, 1.54) is 0 Å². The number of para-hydroxylation sites is 1. The molecule has 1 amide bonds. The molecular weight excluding hydrogens is 240 g/mol. The second-order valence-corrected chi connectivity index (χ2v) is 5.12. The van der Waals surface area contributed by atoms with Crippen molar-refractivity contribution >= 4 is 5.91 Å². The maximum atomic E-state index is 12.2. The molecule has 2 rings (SSSR count). The normalized spacial score (nSPS) is 23.2. The molecular formula is C15H22N2O2. The molecule has 1 aliphatic rings. The molecule has 4 heteroatoms. The molecule has 4 nitrogen and oxygen atoms in total. The van der Waals surface area contributed by atoms with E-state index in [4.69, 9.17) is 4.74 Å². The van der Waals surface area contributed by atoms with Crippen molar-refractivity contribution in [2.45, 2.75) is 32.4 Å². The summed E-state index contributed by atoms with van der Waals surface area (Å²) in [6.45, 7) is 6.27. The van der Waals surface area contributed by atoms with Gasteiger partial charge < -0.3 is 15.0 Å². The minimum Gasteiger partial charge on any atom is -0.493 e. The van der Waals surface area contributed by atoms with Crippen LogP contribution < -0.4 is 10.1 Å². The van der Waals surface area contributed by atoms with Gasteiger partial charge in [0.1, 0.15) is 5.75 Å². The largest absolute Gasteiger partial charge is 0.493 e. The summed E-state index contributed by atoms with van der Waals surface area (Å²) in [6, 6.07) is 10.2. The molecule has 104 valence electrons. The predicted octanol–water partition coefficient (Wildman–Crippen LogP) is 1.66. The summed E-state index contributed by atoms with van der Waals surface area (Å²) in [5, 5.41) is 3.37. The van der Waals surface area contributed by atoms with Gasteiger partial charge in [-0.1, -0.05) is 18.2 Å². The number of piperazine rings is 1. The van der Waals surface area contributed by atoms with Crippen molar-refractivity contribution in [2.24, 2.45) is 0 Å². The van der Waals surface area contributed by atoms with Gasteiger partial charge in [-0.15, -0.1) is 0 Å². The van der Waals surface area contributed by atoms with Gasteiger partial charge in [0.2, 0.25) is 5.91 Å². The number of rotatable bonds is 4. The van der Waals surface area contributed by atoms with Gasteiger partial charge in [-0.3, -0.25) is 4.79 Å². The molecule has 0 radical (unpaired) electrons. The molecule has 1 aromatic rings. The van der Waals surface area contributed by atoms with E-state index in [0.29, 0.717) is 19.1 Å². The molecule has 1 heterocycles. The molecule has 1 saturated heterocycles. The van der Waals surface area contributed by atoms with E-state index in [9.17, 15) is 4.79 Å². The van der Waals surface area contributed by atoms with Crippen molar-refractivity contribution in [3.63, 3.8) is 0 Å². The molecule has 2 unspecified atom stereocenters. The SMILES string of the molecule is CC1CN(C(=O)CCOc2ccccc2)C(C)CN1. The van der Waals surface area contributed by atoms with Gasteiger partial charge in [0.05, 0.1) is 13.0 Å². The van der Waals surface area contributed by atoms with Crippen LogP contribution in [0.5, 0.6) is 5.75 Å². The molecule has 1 aromatic carbocycles. The summed E-state index contributed by atoms with van der Waals surface area (Å²) >= 11 is 0. The number of carbonyl (C=O) groups is 1. The first kappa shape index (κ1) is 13.9. The fourth-order valence-corrected chi connectivity index (χ4v) is 2.29. The summed E-state index contributed by atoms with van der Waals surface area (Å²) in [7, 11) is 0. The van der Waals surface area contributed by atoms with Crippen LogP contribution in [0.2, 0.25) is 0 Å². The first-order valence-electron chi connectivity index (χ1n) is 6.87. The maximum Gasteiger partial charge on any atom is 0.226 e. The van der Waals surface area contributed by atoms with Crippen LogP contribution in [0.4, 0.5) is 0 Å². The predicted molar refractivity (Wildman–Crippen MR) is 75.2 cm³/mol. The van der Waals surface area contributed by atoms with Crippen molar-refractivity contribution in [3.8, 4) is 5.75 Å². The van der Waals surface area contributed by atoms with E-state index >= 15 is 0 Å². The van der Waals surface area contributed by atoms with Crippen LogP contribution in [-0.2, 0) is 4.79 Å². The number of amides is 1. The Morgan fingerprint density at radius 3 is 2.84 bits per heavy atom. The van der Waals surface area contributed by atoms with Gasteiger partial charge in [-0.2, -0.15) is 0 Å². The minimum absolute atomic E-state index is 0.178. The number of nitrogens with zero attached hydrogens (tertiary/aromatic N) is 1. The smallest absolute Gasteiger partial charge is 0.226 e. The van der Waals surface area contributed by atoms with Gasteiger partial charge in [0.25, 0.3) is 0 Å². The Hall–Kier alpha value is -1.55. The van der Waals surface area contributed by atoms with Crippen LogP contribution in [0, 0.1) is 0 Å². The maximum absolute atomic E-state index is 12.2. The zero-order valence-corrected chi connectivity index (χ0v) is 11.6. The fraction of sp³-hybridized carbons (Fsp3) is 0.533. The quantitative estimate of drug-likeness (QED) is 0.897. The molecule has 1 fully saturated rings. The van der Waals surface area contributed by atoms with E-state index in [1.807, 2.05) is 35.2 Å². The van der Waals surface area contributed by atoms with Crippen LogP contribution >= 0.6 is 0 Å². The Labute approximate surface area is 114 Å². The summed E-state index contributed by atoms with van der Waals surface area (Å²) < 4.78 is 5.57. The Bertz CT molecular complexity index is 408. The van der Waals surface area contributed by atoms with E-state index in [1.54, 1.807) is 0 Å². The highest BCUT2D eigenvalue weighted by atomic mass is 16.5. The average molecular weight is 262 g/mol. The number of benzene rings is 1. The molecule has 2 atom stereocenters. The monoisotopic (exact) mass is 262 g/mol. The van der Waals surface area contributed by atoms with Crippen molar-refractivity contribution in [3.05, 3.63) is 30.3 Å². The molecule has 0 bridgehead atoms.